The van der Waals surface area contributed by atoms with Gasteiger partial charge in [0.05, 0.1) is 22.1 Å². The topological polar surface area (TPSA) is 22.8 Å². The summed E-state index contributed by atoms with van der Waals surface area (Å²) in [5, 5.41) is 2.53. The lowest BCUT2D eigenvalue weighted by molar-refractivity contribution is 1.10. The van der Waals surface area contributed by atoms with Gasteiger partial charge in [0.1, 0.15) is 5.82 Å². The molecule has 0 saturated carbocycles. The predicted octanol–water partition coefficient (Wildman–Crippen LogP) is 21.0. The standard InChI is InChI=1S/C80H53N3/c1-5-20-53(21-6-1)60-41-61(54-22-7-2-8-23-54)44-65(43-60)67-47-64(48-68(49-67)66-45-62(55-24-9-3-10-25-55)42-63(46-66)56-26-11-4-12-27-56)58-29-19-30-71(50-58)83-78-35-18-16-33-76(78)81-80(83)57-36-38-70(39-37-57)82-77-34-17-15-32-73(77)75-52-74-69(51-79(75)82)40-59-28-13-14-31-72(59)74/h1-39,41-52H,40H2. The Hall–Kier alpha value is -10.9. The van der Waals surface area contributed by atoms with Crippen LogP contribution in [0.25, 0.3) is 145 Å². The Kier molecular flexibility index (Phi) is 11.6. The third-order valence-electron chi connectivity index (χ3n) is 16.9. The summed E-state index contributed by atoms with van der Waals surface area (Å²) in [5.41, 5.74) is 29.3. The monoisotopic (exact) mass is 1060 g/mol. The fourth-order valence-electron chi connectivity index (χ4n) is 12.8. The van der Waals surface area contributed by atoms with Gasteiger partial charge in [-0.15, -0.1) is 0 Å². The van der Waals surface area contributed by atoms with E-state index in [2.05, 4.69) is 319 Å². The van der Waals surface area contributed by atoms with Crippen molar-refractivity contribution >= 4 is 32.8 Å². The van der Waals surface area contributed by atoms with Crippen molar-refractivity contribution in [3.8, 4) is 112 Å². The molecule has 2 heterocycles. The molecule has 3 heteroatoms. The first-order valence-corrected chi connectivity index (χ1v) is 28.6. The third kappa shape index (κ3) is 8.66. The van der Waals surface area contributed by atoms with Crippen molar-refractivity contribution in [1.82, 2.24) is 14.1 Å². The zero-order valence-electron chi connectivity index (χ0n) is 45.5. The molecule has 15 aromatic rings. The lowest BCUT2D eigenvalue weighted by atomic mass is 9.88. The highest BCUT2D eigenvalue weighted by Gasteiger charge is 2.23. The fraction of sp³-hybridized carbons (Fsp3) is 0.0125. The second-order valence-electron chi connectivity index (χ2n) is 21.9. The largest absolute Gasteiger partial charge is 0.309 e. The molecule has 0 unspecified atom stereocenters. The van der Waals surface area contributed by atoms with Crippen LogP contribution >= 0.6 is 0 Å². The first kappa shape index (κ1) is 48.1. The van der Waals surface area contributed by atoms with Gasteiger partial charge in [-0.05, 0) is 228 Å². The minimum atomic E-state index is 0.888. The predicted molar refractivity (Wildman–Crippen MR) is 347 cm³/mol. The number of nitrogens with zero attached hydrogens (tertiary/aromatic N) is 3. The Morgan fingerprint density at radius 2 is 0.675 bits per heavy atom. The van der Waals surface area contributed by atoms with Crippen molar-refractivity contribution in [2.24, 2.45) is 0 Å². The molecule has 0 N–H and O–H groups in total. The van der Waals surface area contributed by atoms with Crippen LogP contribution in [-0.4, -0.2) is 14.1 Å². The summed E-state index contributed by atoms with van der Waals surface area (Å²) < 4.78 is 4.78. The number of imidazole rings is 1. The van der Waals surface area contributed by atoms with Crippen LogP contribution < -0.4 is 0 Å². The van der Waals surface area contributed by atoms with Gasteiger partial charge in [-0.2, -0.15) is 0 Å². The fourth-order valence-corrected chi connectivity index (χ4v) is 12.8. The van der Waals surface area contributed by atoms with Gasteiger partial charge in [-0.25, -0.2) is 4.98 Å². The highest BCUT2D eigenvalue weighted by atomic mass is 15.1. The minimum Gasteiger partial charge on any atom is -0.309 e. The maximum atomic E-state index is 5.41. The minimum absolute atomic E-state index is 0.888. The van der Waals surface area contributed by atoms with Crippen molar-refractivity contribution in [3.63, 3.8) is 0 Å². The quantitative estimate of drug-likeness (QED) is 0.134. The molecular formula is C80H53N3. The van der Waals surface area contributed by atoms with E-state index in [0.29, 0.717) is 0 Å². The van der Waals surface area contributed by atoms with E-state index in [1.165, 1.54) is 88.6 Å². The number of hydrogen-bond donors (Lipinski definition) is 0. The average molecular weight is 1060 g/mol. The van der Waals surface area contributed by atoms with Crippen LogP contribution in [0.3, 0.4) is 0 Å². The summed E-state index contributed by atoms with van der Waals surface area (Å²) in [6, 6.07) is 113. The second-order valence-corrected chi connectivity index (χ2v) is 21.9. The van der Waals surface area contributed by atoms with E-state index in [-0.39, 0.29) is 0 Å². The SMILES string of the molecule is c1ccc(-c2cc(-c3ccccc3)cc(-c3cc(-c4cc(-c5ccccc5)cc(-c5ccccc5)c4)cc(-c4cccc(-n5c(-c6ccc(-n7c8ccccc8c8cc9c(cc87)Cc7ccccc7-9)cc6)nc6ccccc65)c4)c3)c2)cc1. The summed E-state index contributed by atoms with van der Waals surface area (Å²) in [7, 11) is 0. The summed E-state index contributed by atoms with van der Waals surface area (Å²) in [6.45, 7) is 0. The molecule has 0 bridgehead atoms. The van der Waals surface area contributed by atoms with Crippen LogP contribution in [0.1, 0.15) is 11.1 Å². The van der Waals surface area contributed by atoms with Crippen molar-refractivity contribution in [2.75, 3.05) is 0 Å². The zero-order valence-corrected chi connectivity index (χ0v) is 45.5. The van der Waals surface area contributed by atoms with Gasteiger partial charge < -0.3 is 4.57 Å². The maximum Gasteiger partial charge on any atom is 0.145 e. The van der Waals surface area contributed by atoms with E-state index < -0.39 is 0 Å². The lowest BCUT2D eigenvalue weighted by Crippen LogP contribution is -1.99. The Morgan fingerprint density at radius 1 is 0.229 bits per heavy atom. The molecule has 1 aliphatic rings. The van der Waals surface area contributed by atoms with Crippen LogP contribution in [0.15, 0.2) is 309 Å². The van der Waals surface area contributed by atoms with Crippen LogP contribution in [0.2, 0.25) is 0 Å². The molecule has 13 aromatic carbocycles. The molecule has 1 aliphatic carbocycles. The summed E-state index contributed by atoms with van der Waals surface area (Å²) >= 11 is 0. The van der Waals surface area contributed by atoms with E-state index in [1.54, 1.807) is 0 Å². The number of rotatable bonds is 10. The van der Waals surface area contributed by atoms with Crippen molar-refractivity contribution in [2.45, 2.75) is 6.42 Å². The summed E-state index contributed by atoms with van der Waals surface area (Å²) in [6.07, 6.45) is 0.947. The molecule has 2 aromatic heterocycles. The molecule has 388 valence electrons. The summed E-state index contributed by atoms with van der Waals surface area (Å²) in [5.74, 6) is 0.888. The highest BCUT2D eigenvalue weighted by Crippen LogP contribution is 2.44. The van der Waals surface area contributed by atoms with E-state index in [9.17, 15) is 0 Å². The summed E-state index contributed by atoms with van der Waals surface area (Å²) in [4.78, 5) is 5.41. The van der Waals surface area contributed by atoms with Gasteiger partial charge >= 0.3 is 0 Å². The first-order valence-electron chi connectivity index (χ1n) is 28.6. The molecule has 16 rings (SSSR count). The van der Waals surface area contributed by atoms with Gasteiger partial charge in [0.2, 0.25) is 0 Å². The zero-order chi connectivity index (χ0) is 54.8. The normalized spacial score (nSPS) is 11.8. The van der Waals surface area contributed by atoms with E-state index >= 15 is 0 Å². The Morgan fingerprint density at radius 3 is 1.23 bits per heavy atom. The van der Waals surface area contributed by atoms with Gasteiger partial charge in [0, 0.05) is 27.7 Å². The van der Waals surface area contributed by atoms with E-state index in [1.807, 2.05) is 0 Å². The van der Waals surface area contributed by atoms with E-state index in [4.69, 9.17) is 4.98 Å². The third-order valence-corrected chi connectivity index (χ3v) is 16.9. The van der Waals surface area contributed by atoms with Crippen LogP contribution in [0.4, 0.5) is 0 Å². The number of benzene rings is 13. The van der Waals surface area contributed by atoms with Gasteiger partial charge in [0.15, 0.2) is 0 Å². The molecule has 0 fully saturated rings. The molecule has 83 heavy (non-hydrogen) atoms. The Labute approximate surface area is 483 Å². The molecule has 0 atom stereocenters. The molecule has 0 aliphatic heterocycles. The van der Waals surface area contributed by atoms with Crippen LogP contribution in [0.5, 0.6) is 0 Å². The second kappa shape index (κ2) is 20.0. The lowest BCUT2D eigenvalue weighted by Gasteiger charge is -2.17. The smallest absolute Gasteiger partial charge is 0.145 e. The van der Waals surface area contributed by atoms with E-state index in [0.717, 1.165) is 73.6 Å². The molecule has 0 spiro atoms. The van der Waals surface area contributed by atoms with Crippen molar-refractivity contribution < 1.29 is 0 Å². The van der Waals surface area contributed by atoms with Crippen molar-refractivity contribution in [3.05, 3.63) is 321 Å². The first-order chi connectivity index (χ1) is 41.1. The van der Waals surface area contributed by atoms with Gasteiger partial charge in [0.25, 0.3) is 0 Å². The van der Waals surface area contributed by atoms with Crippen LogP contribution in [0, 0.1) is 0 Å². The van der Waals surface area contributed by atoms with Gasteiger partial charge in [-0.3, -0.25) is 4.57 Å². The number of fused-ring (bicyclic) bond motifs is 7. The Balaban J connectivity index is 0.850. The molecule has 3 nitrogen and oxygen atoms in total. The number of para-hydroxylation sites is 3. The van der Waals surface area contributed by atoms with Crippen LogP contribution in [-0.2, 0) is 6.42 Å². The molecular weight excluding hydrogens is 1000 g/mol. The molecule has 0 saturated heterocycles. The number of hydrogen-bond acceptors (Lipinski definition) is 1. The number of aromatic nitrogens is 3. The Bertz CT molecular complexity index is 4690. The van der Waals surface area contributed by atoms with Crippen molar-refractivity contribution in [1.29, 1.82) is 0 Å². The molecule has 0 radical (unpaired) electrons. The average Bonchev–Trinajstić information content (AvgIpc) is 3.25. The molecule has 0 amide bonds. The highest BCUT2D eigenvalue weighted by molar-refractivity contribution is 6.11. The maximum absolute atomic E-state index is 5.41. The van der Waals surface area contributed by atoms with Gasteiger partial charge in [-0.1, -0.05) is 188 Å².